The number of benzene rings is 2. The number of carbonyl (C=O) groups is 3. The van der Waals surface area contributed by atoms with E-state index in [1.807, 2.05) is 30.3 Å². The maximum atomic E-state index is 11.9. The highest BCUT2D eigenvalue weighted by molar-refractivity contribution is 7.99. The molecule has 0 spiro atoms. The normalized spacial score (nSPS) is 10.2. The van der Waals surface area contributed by atoms with Crippen LogP contribution in [-0.4, -0.2) is 30.0 Å². The maximum absolute atomic E-state index is 11.9. The Morgan fingerprint density at radius 2 is 1.62 bits per heavy atom. The average Bonchev–Trinajstić information content (AvgIpc) is 2.65. The van der Waals surface area contributed by atoms with Crippen molar-refractivity contribution in [1.82, 2.24) is 10.6 Å². The molecule has 4 N–H and O–H groups in total. The first-order chi connectivity index (χ1) is 12.5. The van der Waals surface area contributed by atoms with Crippen molar-refractivity contribution in [2.75, 3.05) is 12.3 Å². The molecular weight excluding hydrogens is 350 g/mol. The molecule has 0 bridgehead atoms. The lowest BCUT2D eigenvalue weighted by Crippen LogP contribution is -2.33. The molecule has 0 aliphatic heterocycles. The quantitative estimate of drug-likeness (QED) is 0.584. The number of thioether (sulfide) groups is 1. The molecule has 0 aromatic heterocycles. The lowest BCUT2D eigenvalue weighted by atomic mass is 10.1. The van der Waals surface area contributed by atoms with E-state index in [1.165, 1.54) is 0 Å². The Morgan fingerprint density at radius 1 is 0.923 bits per heavy atom. The molecule has 0 atom stereocenters. The average molecular weight is 371 g/mol. The van der Waals surface area contributed by atoms with E-state index in [1.54, 1.807) is 36.0 Å². The summed E-state index contributed by atoms with van der Waals surface area (Å²) < 4.78 is 0. The Morgan fingerprint density at radius 3 is 2.27 bits per heavy atom. The van der Waals surface area contributed by atoms with Crippen molar-refractivity contribution in [1.29, 1.82) is 0 Å². The van der Waals surface area contributed by atoms with Gasteiger partial charge >= 0.3 is 0 Å². The third-order valence-electron chi connectivity index (χ3n) is 3.47. The summed E-state index contributed by atoms with van der Waals surface area (Å²) in [7, 11) is 0. The number of hydrogen-bond donors (Lipinski definition) is 3. The molecule has 0 unspecified atom stereocenters. The van der Waals surface area contributed by atoms with Gasteiger partial charge in [0.05, 0.1) is 6.54 Å². The molecule has 0 saturated heterocycles. The Balaban J connectivity index is 1.70. The van der Waals surface area contributed by atoms with Gasteiger partial charge in [-0.3, -0.25) is 14.4 Å². The highest BCUT2D eigenvalue weighted by Gasteiger charge is 2.07. The molecule has 0 fully saturated rings. The van der Waals surface area contributed by atoms with Gasteiger partial charge in [0.1, 0.15) is 0 Å². The molecule has 3 amide bonds. The summed E-state index contributed by atoms with van der Waals surface area (Å²) >= 11 is 1.64. The minimum Gasteiger partial charge on any atom is -0.368 e. The lowest BCUT2D eigenvalue weighted by Gasteiger charge is -2.07. The fourth-order valence-corrected chi connectivity index (χ4v) is 2.98. The van der Waals surface area contributed by atoms with Gasteiger partial charge in [0.2, 0.25) is 11.8 Å². The molecule has 26 heavy (non-hydrogen) atoms. The van der Waals surface area contributed by atoms with E-state index >= 15 is 0 Å². The molecule has 0 aliphatic carbocycles. The predicted molar refractivity (Wildman–Crippen MR) is 102 cm³/mol. The van der Waals surface area contributed by atoms with Gasteiger partial charge in [-0.1, -0.05) is 30.3 Å². The van der Waals surface area contributed by atoms with E-state index in [2.05, 4.69) is 10.6 Å². The van der Waals surface area contributed by atoms with Crippen LogP contribution in [0.3, 0.4) is 0 Å². The Labute approximate surface area is 156 Å². The van der Waals surface area contributed by atoms with Crippen LogP contribution in [0.1, 0.15) is 22.3 Å². The van der Waals surface area contributed by atoms with Gasteiger partial charge in [-0.25, -0.2) is 0 Å². The van der Waals surface area contributed by atoms with Gasteiger partial charge in [-0.05, 0) is 29.8 Å². The van der Waals surface area contributed by atoms with Crippen molar-refractivity contribution in [3.8, 4) is 0 Å². The largest absolute Gasteiger partial charge is 0.368 e. The first-order valence-electron chi connectivity index (χ1n) is 8.14. The SMILES string of the molecule is NC(=O)CNC(=O)c1ccc(CNC(=O)CCSc2ccccc2)cc1. The summed E-state index contributed by atoms with van der Waals surface area (Å²) in [6.45, 7) is 0.204. The van der Waals surface area contributed by atoms with Crippen LogP contribution in [0.25, 0.3) is 0 Å². The second-order valence-electron chi connectivity index (χ2n) is 5.53. The van der Waals surface area contributed by atoms with Gasteiger partial charge in [0.15, 0.2) is 0 Å². The third-order valence-corrected chi connectivity index (χ3v) is 4.48. The van der Waals surface area contributed by atoms with Gasteiger partial charge in [-0.2, -0.15) is 0 Å². The highest BCUT2D eigenvalue weighted by atomic mass is 32.2. The molecule has 7 heteroatoms. The summed E-state index contributed by atoms with van der Waals surface area (Å²) in [6.07, 6.45) is 0.438. The summed E-state index contributed by atoms with van der Waals surface area (Å²) in [6, 6.07) is 16.7. The molecule has 2 aromatic carbocycles. The summed E-state index contributed by atoms with van der Waals surface area (Å²) in [5, 5.41) is 5.28. The van der Waals surface area contributed by atoms with Crippen molar-refractivity contribution in [2.24, 2.45) is 5.73 Å². The number of rotatable bonds is 9. The van der Waals surface area contributed by atoms with E-state index in [0.29, 0.717) is 18.5 Å². The highest BCUT2D eigenvalue weighted by Crippen LogP contribution is 2.17. The van der Waals surface area contributed by atoms with Gasteiger partial charge in [0, 0.05) is 29.2 Å². The third kappa shape index (κ3) is 6.98. The molecule has 136 valence electrons. The number of nitrogens with one attached hydrogen (secondary N) is 2. The Kier molecular flexibility index (Phi) is 7.70. The van der Waals surface area contributed by atoms with E-state index in [4.69, 9.17) is 5.73 Å². The predicted octanol–water partition coefficient (Wildman–Crippen LogP) is 1.70. The molecule has 0 radical (unpaired) electrons. The summed E-state index contributed by atoms with van der Waals surface area (Å²) in [5.41, 5.74) is 6.30. The number of nitrogens with two attached hydrogens (primary N) is 1. The van der Waals surface area contributed by atoms with Crippen LogP contribution in [-0.2, 0) is 16.1 Å². The number of hydrogen-bond acceptors (Lipinski definition) is 4. The second kappa shape index (κ2) is 10.2. The van der Waals surface area contributed by atoms with Gasteiger partial charge < -0.3 is 16.4 Å². The smallest absolute Gasteiger partial charge is 0.251 e. The molecule has 2 rings (SSSR count). The topological polar surface area (TPSA) is 101 Å². The van der Waals surface area contributed by atoms with Crippen LogP contribution in [0.5, 0.6) is 0 Å². The molecule has 0 saturated carbocycles. The number of carbonyl (C=O) groups excluding carboxylic acids is 3. The minimum absolute atomic E-state index is 0.0169. The molecule has 0 heterocycles. The van der Waals surface area contributed by atoms with Crippen molar-refractivity contribution in [3.05, 3.63) is 65.7 Å². The van der Waals surface area contributed by atoms with Gasteiger partial charge in [0.25, 0.3) is 5.91 Å². The molecule has 2 aromatic rings. The van der Waals surface area contributed by atoms with Gasteiger partial charge in [-0.15, -0.1) is 11.8 Å². The zero-order valence-electron chi connectivity index (χ0n) is 14.2. The van der Waals surface area contributed by atoms with Crippen LogP contribution in [0.2, 0.25) is 0 Å². The molecular formula is C19H21N3O3S. The van der Waals surface area contributed by atoms with Crippen molar-refractivity contribution < 1.29 is 14.4 Å². The van der Waals surface area contributed by atoms with E-state index in [9.17, 15) is 14.4 Å². The molecule has 6 nitrogen and oxygen atoms in total. The zero-order valence-corrected chi connectivity index (χ0v) is 15.1. The second-order valence-corrected chi connectivity index (χ2v) is 6.70. The van der Waals surface area contributed by atoms with Crippen molar-refractivity contribution in [2.45, 2.75) is 17.9 Å². The fraction of sp³-hybridized carbons (Fsp3) is 0.211. The van der Waals surface area contributed by atoms with Crippen molar-refractivity contribution in [3.63, 3.8) is 0 Å². The lowest BCUT2D eigenvalue weighted by molar-refractivity contribution is -0.121. The first-order valence-corrected chi connectivity index (χ1v) is 9.13. The number of amides is 3. The summed E-state index contributed by atoms with van der Waals surface area (Å²) in [4.78, 5) is 35.5. The Hall–Kier alpha value is -2.80. The number of primary amides is 1. The van der Waals surface area contributed by atoms with Crippen LogP contribution < -0.4 is 16.4 Å². The van der Waals surface area contributed by atoms with E-state index in [0.717, 1.165) is 16.2 Å². The minimum atomic E-state index is -0.594. The van der Waals surface area contributed by atoms with Crippen LogP contribution >= 0.6 is 11.8 Å². The molecule has 0 aliphatic rings. The van der Waals surface area contributed by atoms with Crippen molar-refractivity contribution >= 4 is 29.5 Å². The Bertz CT molecular complexity index is 748. The summed E-state index contributed by atoms with van der Waals surface area (Å²) in [5.74, 6) is -0.258. The van der Waals surface area contributed by atoms with Crippen LogP contribution in [0.15, 0.2) is 59.5 Å². The zero-order chi connectivity index (χ0) is 18.8. The van der Waals surface area contributed by atoms with E-state index < -0.39 is 5.91 Å². The van der Waals surface area contributed by atoms with Crippen LogP contribution in [0, 0.1) is 0 Å². The fourth-order valence-electron chi connectivity index (χ4n) is 2.11. The monoisotopic (exact) mass is 371 g/mol. The van der Waals surface area contributed by atoms with E-state index in [-0.39, 0.29) is 18.4 Å². The van der Waals surface area contributed by atoms with Crippen LogP contribution in [0.4, 0.5) is 0 Å². The maximum Gasteiger partial charge on any atom is 0.251 e. The first kappa shape index (κ1) is 19.5. The standard InChI is InChI=1S/C19H21N3O3S/c20-17(23)13-22-19(25)15-8-6-14(7-9-15)12-21-18(24)10-11-26-16-4-2-1-3-5-16/h1-9H,10-13H2,(H2,20,23)(H,21,24)(H,22,25).